The molecule has 0 aliphatic carbocycles. The van der Waals surface area contributed by atoms with Crippen molar-refractivity contribution >= 4 is 0 Å². The second-order valence-electron chi connectivity index (χ2n) is 8.59. The van der Waals surface area contributed by atoms with Crippen LogP contribution in [-0.2, 0) is 0 Å². The predicted molar refractivity (Wildman–Crippen MR) is 102 cm³/mol. The van der Waals surface area contributed by atoms with E-state index in [9.17, 15) is 0 Å². The normalized spacial score (nSPS) is 31.2. The summed E-state index contributed by atoms with van der Waals surface area (Å²) in [6, 6.07) is 1.66. The van der Waals surface area contributed by atoms with Gasteiger partial charge in [-0.05, 0) is 104 Å². The Bertz CT molecular complexity index is 354. The fraction of sp³-hybridized carbons (Fsp3) is 1.00. The van der Waals surface area contributed by atoms with Gasteiger partial charge in [-0.25, -0.2) is 0 Å². The van der Waals surface area contributed by atoms with Gasteiger partial charge in [0.25, 0.3) is 0 Å². The summed E-state index contributed by atoms with van der Waals surface area (Å²) >= 11 is 0. The van der Waals surface area contributed by atoms with Crippen molar-refractivity contribution < 1.29 is 0 Å². The maximum Gasteiger partial charge on any atom is 0.0480 e. The quantitative estimate of drug-likeness (QED) is 0.688. The molecule has 4 heteroatoms. The summed E-state index contributed by atoms with van der Waals surface area (Å²) in [6.07, 6.45) is 9.73. The lowest BCUT2D eigenvalue weighted by molar-refractivity contribution is 0.134. The molecular formula is C20H40N4. The van der Waals surface area contributed by atoms with Crippen molar-refractivity contribution in [2.45, 2.75) is 70.9 Å². The van der Waals surface area contributed by atoms with Crippen LogP contribution in [0.15, 0.2) is 0 Å². The van der Waals surface area contributed by atoms with E-state index in [-0.39, 0.29) is 0 Å². The highest BCUT2D eigenvalue weighted by molar-refractivity contribution is 4.81. The highest BCUT2D eigenvalue weighted by Crippen LogP contribution is 2.23. The molecule has 0 radical (unpaired) electrons. The number of nitrogens with one attached hydrogen (secondary N) is 1. The Morgan fingerprint density at radius 1 is 0.833 bits per heavy atom. The van der Waals surface area contributed by atoms with E-state index in [4.69, 9.17) is 0 Å². The van der Waals surface area contributed by atoms with E-state index >= 15 is 0 Å². The van der Waals surface area contributed by atoms with Gasteiger partial charge < -0.3 is 15.1 Å². The van der Waals surface area contributed by atoms with Crippen LogP contribution in [-0.4, -0.2) is 79.3 Å². The minimum Gasteiger partial charge on any atom is -0.304 e. The lowest BCUT2D eigenvalue weighted by Crippen LogP contribution is -2.43. The first-order valence-electron chi connectivity index (χ1n) is 10.6. The first kappa shape index (κ1) is 18.6. The van der Waals surface area contributed by atoms with Crippen molar-refractivity contribution in [1.29, 1.82) is 0 Å². The molecule has 3 aliphatic heterocycles. The van der Waals surface area contributed by atoms with E-state index in [1.165, 1.54) is 90.8 Å². The fourth-order valence-electron chi connectivity index (χ4n) is 4.89. The van der Waals surface area contributed by atoms with E-state index in [0.717, 1.165) is 24.7 Å². The van der Waals surface area contributed by atoms with Gasteiger partial charge in [-0.1, -0.05) is 0 Å². The molecule has 3 saturated heterocycles. The van der Waals surface area contributed by atoms with Crippen LogP contribution in [0.4, 0.5) is 0 Å². The molecule has 3 aliphatic rings. The molecule has 2 atom stereocenters. The van der Waals surface area contributed by atoms with Gasteiger partial charge in [-0.2, -0.15) is 0 Å². The molecule has 0 aromatic carbocycles. The zero-order valence-corrected chi connectivity index (χ0v) is 16.2. The van der Waals surface area contributed by atoms with E-state index in [2.05, 4.69) is 33.9 Å². The van der Waals surface area contributed by atoms with Crippen molar-refractivity contribution in [3.05, 3.63) is 0 Å². The van der Waals surface area contributed by atoms with Crippen molar-refractivity contribution in [3.8, 4) is 0 Å². The molecule has 3 fully saturated rings. The van der Waals surface area contributed by atoms with Gasteiger partial charge in [0.05, 0.1) is 0 Å². The van der Waals surface area contributed by atoms with Crippen LogP contribution in [0, 0.1) is 5.92 Å². The van der Waals surface area contributed by atoms with E-state index < -0.39 is 0 Å². The molecule has 3 heterocycles. The molecule has 140 valence electrons. The Balaban J connectivity index is 1.21. The average Bonchev–Trinajstić information content (AvgIpc) is 3.18. The summed E-state index contributed by atoms with van der Waals surface area (Å²) in [4.78, 5) is 8.02. The molecule has 24 heavy (non-hydrogen) atoms. The maximum atomic E-state index is 3.68. The number of hydrogen-bond donors (Lipinski definition) is 1. The molecule has 2 unspecified atom stereocenters. The van der Waals surface area contributed by atoms with Crippen molar-refractivity contribution in [1.82, 2.24) is 20.0 Å². The van der Waals surface area contributed by atoms with Gasteiger partial charge in [0.15, 0.2) is 0 Å². The Kier molecular flexibility index (Phi) is 7.38. The second-order valence-corrected chi connectivity index (χ2v) is 8.59. The van der Waals surface area contributed by atoms with Gasteiger partial charge in [-0.15, -0.1) is 0 Å². The molecule has 0 saturated carbocycles. The van der Waals surface area contributed by atoms with E-state index in [0.29, 0.717) is 0 Å². The zero-order valence-electron chi connectivity index (χ0n) is 16.2. The first-order valence-corrected chi connectivity index (χ1v) is 10.6. The standard InChI is InChI=1S/C20H40N4/c1-18-6-3-11-23(18)13-5-10-21-17-22-14-8-20(9-15-22)16-24-12-4-7-19(24)2/h18-21H,3-17H2,1-2H3. The second kappa shape index (κ2) is 9.51. The average molecular weight is 337 g/mol. The molecular weight excluding hydrogens is 296 g/mol. The predicted octanol–water partition coefficient (Wildman–Crippen LogP) is 2.60. The minimum absolute atomic E-state index is 0.822. The van der Waals surface area contributed by atoms with Crippen molar-refractivity contribution in [2.75, 3.05) is 52.5 Å². The molecule has 0 aromatic rings. The van der Waals surface area contributed by atoms with Gasteiger partial charge in [-0.3, -0.25) is 4.90 Å². The Morgan fingerprint density at radius 3 is 2.12 bits per heavy atom. The third-order valence-corrected chi connectivity index (χ3v) is 6.72. The third-order valence-electron chi connectivity index (χ3n) is 6.72. The zero-order chi connectivity index (χ0) is 16.8. The highest BCUT2D eigenvalue weighted by Gasteiger charge is 2.26. The maximum absolute atomic E-state index is 3.68. The smallest absolute Gasteiger partial charge is 0.0480 e. The third kappa shape index (κ3) is 5.42. The number of hydrogen-bond acceptors (Lipinski definition) is 4. The van der Waals surface area contributed by atoms with Crippen LogP contribution in [0.2, 0.25) is 0 Å². The number of nitrogens with zero attached hydrogens (tertiary/aromatic N) is 3. The Morgan fingerprint density at radius 2 is 1.50 bits per heavy atom. The van der Waals surface area contributed by atoms with Gasteiger partial charge in [0.2, 0.25) is 0 Å². The van der Waals surface area contributed by atoms with Crippen molar-refractivity contribution in [2.24, 2.45) is 5.92 Å². The molecule has 0 bridgehead atoms. The van der Waals surface area contributed by atoms with Crippen LogP contribution in [0.25, 0.3) is 0 Å². The molecule has 1 N–H and O–H groups in total. The van der Waals surface area contributed by atoms with Crippen LogP contribution in [0.1, 0.15) is 58.8 Å². The topological polar surface area (TPSA) is 21.8 Å². The largest absolute Gasteiger partial charge is 0.304 e. The summed E-state index contributed by atoms with van der Waals surface area (Å²) in [6.45, 7) is 15.0. The van der Waals surface area contributed by atoms with Crippen molar-refractivity contribution in [3.63, 3.8) is 0 Å². The van der Waals surface area contributed by atoms with Gasteiger partial charge in [0.1, 0.15) is 0 Å². The monoisotopic (exact) mass is 336 g/mol. The number of piperidine rings is 1. The van der Waals surface area contributed by atoms with Crippen LogP contribution in [0.3, 0.4) is 0 Å². The molecule has 0 amide bonds. The fourth-order valence-corrected chi connectivity index (χ4v) is 4.89. The van der Waals surface area contributed by atoms with E-state index in [1.807, 2.05) is 0 Å². The first-order chi connectivity index (χ1) is 11.7. The Hall–Kier alpha value is -0.160. The van der Waals surface area contributed by atoms with Crippen LogP contribution >= 0.6 is 0 Å². The van der Waals surface area contributed by atoms with Gasteiger partial charge in [0, 0.05) is 25.3 Å². The Labute approximate surface area is 149 Å². The SMILES string of the molecule is CC1CCCN1CCCNCN1CCC(CN2CCCC2C)CC1. The van der Waals surface area contributed by atoms with Crippen LogP contribution < -0.4 is 5.32 Å². The van der Waals surface area contributed by atoms with Gasteiger partial charge >= 0.3 is 0 Å². The summed E-state index contributed by atoms with van der Waals surface area (Å²) in [5.41, 5.74) is 0. The number of rotatable bonds is 8. The highest BCUT2D eigenvalue weighted by atomic mass is 15.2. The van der Waals surface area contributed by atoms with Crippen LogP contribution in [0.5, 0.6) is 0 Å². The molecule has 0 aromatic heterocycles. The lowest BCUT2D eigenvalue weighted by Gasteiger charge is -2.35. The summed E-state index contributed by atoms with van der Waals surface area (Å²) in [5, 5.41) is 3.68. The summed E-state index contributed by atoms with van der Waals surface area (Å²) in [7, 11) is 0. The van der Waals surface area contributed by atoms with E-state index in [1.54, 1.807) is 0 Å². The number of likely N-dealkylation sites (tertiary alicyclic amines) is 3. The molecule has 3 rings (SSSR count). The molecule has 0 spiro atoms. The summed E-state index contributed by atoms with van der Waals surface area (Å²) < 4.78 is 0. The lowest BCUT2D eigenvalue weighted by atomic mass is 9.96. The molecule has 4 nitrogen and oxygen atoms in total. The summed E-state index contributed by atoms with van der Waals surface area (Å²) in [5.74, 6) is 0.943. The minimum atomic E-state index is 0.822.